The van der Waals surface area contributed by atoms with Gasteiger partial charge in [-0.25, -0.2) is 4.98 Å². The second-order valence-electron chi connectivity index (χ2n) is 7.58. The Morgan fingerprint density at radius 1 is 1.17 bits per heavy atom. The summed E-state index contributed by atoms with van der Waals surface area (Å²) in [5.74, 6) is -0.0707. The van der Waals surface area contributed by atoms with E-state index >= 15 is 0 Å². The van der Waals surface area contributed by atoms with Gasteiger partial charge in [-0.1, -0.05) is 12.8 Å². The summed E-state index contributed by atoms with van der Waals surface area (Å²) >= 11 is 0. The highest BCUT2D eigenvalue weighted by Crippen LogP contribution is 2.34. The van der Waals surface area contributed by atoms with E-state index in [1.165, 1.54) is 0 Å². The van der Waals surface area contributed by atoms with Crippen LogP contribution in [0.5, 0.6) is 0 Å². The number of fused-ring (bicyclic) bond motifs is 1. The molecule has 1 saturated carbocycles. The molecule has 3 N–H and O–H groups in total. The average molecular weight is 392 g/mol. The first-order valence-corrected chi connectivity index (χ1v) is 9.70. The molecular formula is C21H24N6O2. The van der Waals surface area contributed by atoms with Crippen LogP contribution in [0.4, 0.5) is 11.6 Å². The molecule has 2 heterocycles. The Morgan fingerprint density at radius 3 is 2.48 bits per heavy atom. The molecule has 8 nitrogen and oxygen atoms in total. The number of primary amides is 1. The number of amides is 2. The minimum atomic E-state index is -0.471. The molecule has 1 fully saturated rings. The summed E-state index contributed by atoms with van der Waals surface area (Å²) in [5, 5.41) is 4.00. The highest BCUT2D eigenvalue weighted by atomic mass is 16.2. The van der Waals surface area contributed by atoms with Crippen LogP contribution < -0.4 is 11.1 Å². The van der Waals surface area contributed by atoms with Crippen molar-refractivity contribution in [1.29, 1.82) is 0 Å². The second-order valence-corrected chi connectivity index (χ2v) is 7.58. The molecule has 1 aliphatic rings. The van der Waals surface area contributed by atoms with Crippen LogP contribution in [0.15, 0.2) is 36.5 Å². The average Bonchev–Trinajstić information content (AvgIpc) is 3.34. The Balaban J connectivity index is 1.73. The largest absolute Gasteiger partial charge is 0.366 e. The van der Waals surface area contributed by atoms with Gasteiger partial charge in [0.2, 0.25) is 11.9 Å². The first-order chi connectivity index (χ1) is 13.9. The summed E-state index contributed by atoms with van der Waals surface area (Å²) in [6.45, 7) is 0. The SMILES string of the molecule is CN(C)C(=O)c1cc2cnc(Nc3ccc(C(N)=O)cc3)nc2n1C1CCCC1. The fraction of sp³-hybridized carbons (Fsp3) is 0.333. The highest BCUT2D eigenvalue weighted by Gasteiger charge is 2.26. The van der Waals surface area contributed by atoms with E-state index < -0.39 is 5.91 Å². The molecule has 0 bridgehead atoms. The van der Waals surface area contributed by atoms with Gasteiger partial charge in [0, 0.05) is 43.0 Å². The van der Waals surface area contributed by atoms with Gasteiger partial charge < -0.3 is 20.5 Å². The number of hydrogen-bond donors (Lipinski definition) is 2. The zero-order valence-electron chi connectivity index (χ0n) is 16.6. The van der Waals surface area contributed by atoms with Crippen molar-refractivity contribution in [2.45, 2.75) is 31.7 Å². The molecule has 1 aliphatic carbocycles. The molecule has 0 saturated heterocycles. The fourth-order valence-corrected chi connectivity index (χ4v) is 3.84. The van der Waals surface area contributed by atoms with Crippen molar-refractivity contribution in [3.8, 4) is 0 Å². The first kappa shape index (κ1) is 18.9. The van der Waals surface area contributed by atoms with E-state index in [9.17, 15) is 9.59 Å². The molecule has 0 radical (unpaired) electrons. The van der Waals surface area contributed by atoms with Gasteiger partial charge in [0.05, 0.1) is 0 Å². The second kappa shape index (κ2) is 7.54. The van der Waals surface area contributed by atoms with Gasteiger partial charge in [0.25, 0.3) is 5.91 Å². The van der Waals surface area contributed by atoms with Crippen LogP contribution in [0.1, 0.15) is 52.6 Å². The third-order valence-electron chi connectivity index (χ3n) is 5.32. The zero-order valence-corrected chi connectivity index (χ0v) is 16.6. The molecular weight excluding hydrogens is 368 g/mol. The highest BCUT2D eigenvalue weighted by molar-refractivity contribution is 5.98. The smallest absolute Gasteiger partial charge is 0.270 e. The third kappa shape index (κ3) is 3.65. The van der Waals surface area contributed by atoms with Crippen LogP contribution in [-0.4, -0.2) is 45.3 Å². The fourth-order valence-electron chi connectivity index (χ4n) is 3.84. The molecule has 2 amide bonds. The lowest BCUT2D eigenvalue weighted by atomic mass is 10.2. The van der Waals surface area contributed by atoms with E-state index in [2.05, 4.69) is 14.9 Å². The standard InChI is InChI=1S/C21H24N6O2/c1-26(2)20(29)17-11-14-12-23-21(24-15-9-7-13(8-10-15)18(22)28)25-19(14)27(17)16-5-3-4-6-16/h7-12,16H,3-6H2,1-2H3,(H2,22,28)(H,23,24,25). The van der Waals surface area contributed by atoms with Gasteiger partial charge in [0.15, 0.2) is 0 Å². The molecule has 150 valence electrons. The van der Waals surface area contributed by atoms with Crippen LogP contribution in [0.2, 0.25) is 0 Å². The van der Waals surface area contributed by atoms with Gasteiger partial charge in [0.1, 0.15) is 11.3 Å². The van der Waals surface area contributed by atoms with Crippen molar-refractivity contribution in [2.24, 2.45) is 5.73 Å². The molecule has 0 aliphatic heterocycles. The number of nitrogens with two attached hydrogens (primary N) is 1. The number of anilines is 2. The summed E-state index contributed by atoms with van der Waals surface area (Å²) < 4.78 is 2.08. The molecule has 8 heteroatoms. The predicted molar refractivity (Wildman–Crippen MR) is 111 cm³/mol. The molecule has 0 unspecified atom stereocenters. The van der Waals surface area contributed by atoms with Gasteiger partial charge >= 0.3 is 0 Å². The summed E-state index contributed by atoms with van der Waals surface area (Å²) in [7, 11) is 3.51. The van der Waals surface area contributed by atoms with Gasteiger partial charge in [-0.3, -0.25) is 9.59 Å². The lowest BCUT2D eigenvalue weighted by Gasteiger charge is -2.19. The molecule has 4 rings (SSSR count). The molecule has 2 aromatic heterocycles. The molecule has 29 heavy (non-hydrogen) atoms. The lowest BCUT2D eigenvalue weighted by Crippen LogP contribution is -2.25. The Kier molecular flexibility index (Phi) is 4.92. The third-order valence-corrected chi connectivity index (χ3v) is 5.32. The van der Waals surface area contributed by atoms with Crippen LogP contribution in [0.3, 0.4) is 0 Å². The van der Waals surface area contributed by atoms with Crippen LogP contribution in [0, 0.1) is 0 Å². The van der Waals surface area contributed by atoms with Gasteiger partial charge in [-0.15, -0.1) is 0 Å². The van der Waals surface area contributed by atoms with E-state index in [4.69, 9.17) is 10.7 Å². The molecule has 0 atom stereocenters. The van der Waals surface area contributed by atoms with Crippen LogP contribution in [-0.2, 0) is 0 Å². The maximum Gasteiger partial charge on any atom is 0.270 e. The molecule has 0 spiro atoms. The number of carbonyl (C=O) groups excluding carboxylic acids is 2. The molecule has 3 aromatic rings. The Hall–Kier alpha value is -3.42. The number of hydrogen-bond acceptors (Lipinski definition) is 5. The summed E-state index contributed by atoms with van der Waals surface area (Å²) in [6.07, 6.45) is 6.13. The topological polar surface area (TPSA) is 106 Å². The first-order valence-electron chi connectivity index (χ1n) is 9.70. The van der Waals surface area contributed by atoms with E-state index in [1.807, 2.05) is 6.07 Å². The normalized spacial score (nSPS) is 14.3. The van der Waals surface area contributed by atoms with Crippen LogP contribution >= 0.6 is 0 Å². The zero-order chi connectivity index (χ0) is 20.5. The Bertz CT molecular complexity index is 1060. The summed E-state index contributed by atoms with van der Waals surface area (Å²) in [5.41, 5.74) is 7.88. The van der Waals surface area contributed by atoms with Crippen molar-refractivity contribution >= 4 is 34.5 Å². The molecule has 1 aromatic carbocycles. The lowest BCUT2D eigenvalue weighted by molar-refractivity contribution is 0.0815. The maximum atomic E-state index is 12.8. The minimum absolute atomic E-state index is 0.0357. The van der Waals surface area contributed by atoms with Crippen molar-refractivity contribution in [3.63, 3.8) is 0 Å². The van der Waals surface area contributed by atoms with E-state index in [1.54, 1.807) is 49.5 Å². The number of rotatable bonds is 5. The number of aromatic nitrogens is 3. The number of nitrogens with one attached hydrogen (secondary N) is 1. The van der Waals surface area contributed by atoms with Gasteiger partial charge in [-0.05, 0) is 43.2 Å². The van der Waals surface area contributed by atoms with Crippen molar-refractivity contribution in [3.05, 3.63) is 47.8 Å². The summed E-state index contributed by atoms with van der Waals surface area (Å²) in [6, 6.07) is 8.96. The number of nitrogens with zero attached hydrogens (tertiary/aromatic N) is 4. The van der Waals surface area contributed by atoms with E-state index in [0.29, 0.717) is 17.2 Å². The summed E-state index contributed by atoms with van der Waals surface area (Å²) in [4.78, 5) is 34.7. The minimum Gasteiger partial charge on any atom is -0.366 e. The van der Waals surface area contributed by atoms with Crippen LogP contribution in [0.25, 0.3) is 11.0 Å². The van der Waals surface area contributed by atoms with Crippen molar-refractivity contribution in [1.82, 2.24) is 19.4 Å². The van der Waals surface area contributed by atoms with E-state index in [-0.39, 0.29) is 11.9 Å². The Labute approximate surface area is 168 Å². The quantitative estimate of drug-likeness (QED) is 0.694. The number of benzene rings is 1. The maximum absolute atomic E-state index is 12.8. The van der Waals surface area contributed by atoms with Crippen molar-refractivity contribution in [2.75, 3.05) is 19.4 Å². The monoisotopic (exact) mass is 392 g/mol. The predicted octanol–water partition coefficient (Wildman–Crippen LogP) is 3.09. The van der Waals surface area contributed by atoms with Gasteiger partial charge in [-0.2, -0.15) is 4.98 Å². The van der Waals surface area contributed by atoms with E-state index in [0.717, 1.165) is 42.4 Å². The van der Waals surface area contributed by atoms with Crippen molar-refractivity contribution < 1.29 is 9.59 Å². The number of carbonyl (C=O) groups is 2. The Morgan fingerprint density at radius 2 is 1.86 bits per heavy atom.